The number of carbonyl (C=O) groups is 1. The number of amides is 1. The average molecular weight is 383 g/mol. The van der Waals surface area contributed by atoms with Gasteiger partial charge in [-0.05, 0) is 48.4 Å². The summed E-state index contributed by atoms with van der Waals surface area (Å²) < 4.78 is 3.49. The minimum absolute atomic E-state index is 0.117. The summed E-state index contributed by atoms with van der Waals surface area (Å²) in [6, 6.07) is 7.28. The summed E-state index contributed by atoms with van der Waals surface area (Å²) in [5.41, 5.74) is 3.38. The zero-order valence-electron chi connectivity index (χ0n) is 14.4. The monoisotopic (exact) mass is 382 g/mol. The summed E-state index contributed by atoms with van der Waals surface area (Å²) >= 11 is 6.01. The van der Waals surface area contributed by atoms with Gasteiger partial charge in [0.15, 0.2) is 5.69 Å². The Balaban J connectivity index is 1.51. The number of halogens is 1. The smallest absolute Gasteiger partial charge is 0.274 e. The van der Waals surface area contributed by atoms with Crippen molar-refractivity contribution in [2.75, 3.05) is 6.54 Å². The van der Waals surface area contributed by atoms with E-state index in [4.69, 9.17) is 11.6 Å². The van der Waals surface area contributed by atoms with Crippen LogP contribution in [-0.4, -0.2) is 52.2 Å². The number of aromatic nitrogens is 7. The van der Waals surface area contributed by atoms with Crippen LogP contribution in [0.5, 0.6) is 0 Å². The third-order valence-corrected chi connectivity index (χ3v) is 5.18. The van der Waals surface area contributed by atoms with E-state index in [-0.39, 0.29) is 11.9 Å². The molecule has 10 heteroatoms. The molecule has 1 atom stereocenters. The number of aromatic amines is 1. The number of hydrogen-bond donors (Lipinski definition) is 1. The first-order valence-electron chi connectivity index (χ1n) is 8.51. The van der Waals surface area contributed by atoms with Crippen molar-refractivity contribution in [3.05, 3.63) is 58.6 Å². The van der Waals surface area contributed by atoms with Gasteiger partial charge in [0.05, 0.1) is 22.3 Å². The summed E-state index contributed by atoms with van der Waals surface area (Å²) in [4.78, 5) is 15.0. The molecule has 1 N–H and O–H groups in total. The molecular formula is C17H15ClN8O. The Kier molecular flexibility index (Phi) is 3.51. The highest BCUT2D eigenvalue weighted by Gasteiger charge is 2.32. The molecular weight excluding hydrogens is 368 g/mol. The van der Waals surface area contributed by atoms with E-state index < -0.39 is 0 Å². The Morgan fingerprint density at radius 3 is 3.04 bits per heavy atom. The number of fused-ring (bicyclic) bond motifs is 2. The summed E-state index contributed by atoms with van der Waals surface area (Å²) in [5, 5.41) is 19.2. The molecule has 0 fully saturated rings. The van der Waals surface area contributed by atoms with Crippen LogP contribution < -0.4 is 0 Å². The third-order valence-electron chi connectivity index (χ3n) is 4.95. The number of pyridine rings is 1. The van der Waals surface area contributed by atoms with Crippen LogP contribution in [0.3, 0.4) is 0 Å². The van der Waals surface area contributed by atoms with Gasteiger partial charge in [0, 0.05) is 18.9 Å². The van der Waals surface area contributed by atoms with Crippen LogP contribution in [0.25, 0.3) is 11.5 Å². The van der Waals surface area contributed by atoms with Gasteiger partial charge < -0.3 is 4.90 Å². The molecule has 5 heterocycles. The minimum Gasteiger partial charge on any atom is -0.329 e. The quantitative estimate of drug-likeness (QED) is 0.572. The Labute approximate surface area is 158 Å². The van der Waals surface area contributed by atoms with Gasteiger partial charge in [0.25, 0.3) is 11.9 Å². The Morgan fingerprint density at radius 1 is 1.33 bits per heavy atom. The van der Waals surface area contributed by atoms with Crippen molar-refractivity contribution in [3.63, 3.8) is 0 Å². The molecule has 1 aliphatic heterocycles. The molecule has 0 aromatic carbocycles. The highest BCUT2D eigenvalue weighted by molar-refractivity contribution is 6.30. The molecule has 27 heavy (non-hydrogen) atoms. The molecule has 4 aromatic heterocycles. The zero-order valence-corrected chi connectivity index (χ0v) is 15.1. The first kappa shape index (κ1) is 16.0. The van der Waals surface area contributed by atoms with Crippen LogP contribution in [0.4, 0.5) is 0 Å². The van der Waals surface area contributed by atoms with E-state index in [2.05, 4.69) is 25.7 Å². The summed E-state index contributed by atoms with van der Waals surface area (Å²) in [6.45, 7) is 2.62. The second-order valence-electron chi connectivity index (χ2n) is 6.48. The van der Waals surface area contributed by atoms with E-state index in [0.717, 1.165) is 17.6 Å². The lowest BCUT2D eigenvalue weighted by Crippen LogP contribution is -2.39. The zero-order chi connectivity index (χ0) is 18.5. The second kappa shape index (κ2) is 5.92. The lowest BCUT2D eigenvalue weighted by Gasteiger charge is -2.34. The number of tetrazole rings is 1. The van der Waals surface area contributed by atoms with Crippen molar-refractivity contribution in [2.45, 2.75) is 19.4 Å². The van der Waals surface area contributed by atoms with Crippen LogP contribution in [0, 0.1) is 0 Å². The first-order chi connectivity index (χ1) is 13.1. The SMILES string of the molecule is CC1c2c(ccn2-c2nn[nH]n2)CCN1C(=O)c1cc2ccc(Cl)cn2n1. The van der Waals surface area contributed by atoms with Gasteiger partial charge in [0.1, 0.15) is 0 Å². The fourth-order valence-electron chi connectivity index (χ4n) is 3.67. The lowest BCUT2D eigenvalue weighted by molar-refractivity contribution is 0.0665. The van der Waals surface area contributed by atoms with E-state index in [1.807, 2.05) is 34.7 Å². The van der Waals surface area contributed by atoms with Crippen molar-refractivity contribution in [2.24, 2.45) is 0 Å². The number of H-pyrrole nitrogens is 1. The molecule has 136 valence electrons. The molecule has 1 amide bonds. The number of nitrogens with zero attached hydrogens (tertiary/aromatic N) is 7. The third kappa shape index (κ3) is 2.50. The maximum Gasteiger partial charge on any atom is 0.274 e. The van der Waals surface area contributed by atoms with Crippen molar-refractivity contribution in [3.8, 4) is 5.95 Å². The van der Waals surface area contributed by atoms with E-state index in [1.54, 1.807) is 22.8 Å². The highest BCUT2D eigenvalue weighted by atomic mass is 35.5. The van der Waals surface area contributed by atoms with Crippen LogP contribution in [0.15, 0.2) is 36.7 Å². The molecule has 0 saturated carbocycles. The molecule has 0 radical (unpaired) electrons. The Bertz CT molecular complexity index is 1150. The fraction of sp³-hybridized carbons (Fsp3) is 0.235. The minimum atomic E-state index is -0.150. The molecule has 5 rings (SSSR count). The van der Waals surface area contributed by atoms with Gasteiger partial charge in [-0.3, -0.25) is 9.36 Å². The second-order valence-corrected chi connectivity index (χ2v) is 6.92. The number of nitrogens with one attached hydrogen (secondary N) is 1. The van der Waals surface area contributed by atoms with E-state index in [9.17, 15) is 4.79 Å². The van der Waals surface area contributed by atoms with Crippen LogP contribution in [0.1, 0.15) is 34.7 Å². The van der Waals surface area contributed by atoms with E-state index in [0.29, 0.717) is 23.2 Å². The highest BCUT2D eigenvalue weighted by Crippen LogP contribution is 2.32. The van der Waals surface area contributed by atoms with Crippen LogP contribution >= 0.6 is 11.6 Å². The standard InChI is InChI=1S/C17H15ClN8O/c1-10-15-11(5-7-25(15)17-19-22-23-20-17)4-6-24(10)16(27)14-8-13-3-2-12(18)9-26(13)21-14/h2-3,5,7-10H,4,6H2,1H3,(H,19,20,22,23). The maximum atomic E-state index is 13.2. The van der Waals surface area contributed by atoms with Crippen molar-refractivity contribution in [1.29, 1.82) is 0 Å². The van der Waals surface area contributed by atoms with Gasteiger partial charge >= 0.3 is 0 Å². The number of carbonyl (C=O) groups excluding carboxylic acids is 1. The van der Waals surface area contributed by atoms with Crippen LogP contribution in [0.2, 0.25) is 5.02 Å². The topological polar surface area (TPSA) is 97.0 Å². The Hall–Kier alpha value is -3.20. The molecule has 1 aliphatic rings. The summed E-state index contributed by atoms with van der Waals surface area (Å²) in [5.74, 6) is 0.341. The summed E-state index contributed by atoms with van der Waals surface area (Å²) in [6.07, 6.45) is 4.36. The molecule has 1 unspecified atom stereocenters. The Morgan fingerprint density at radius 2 is 2.22 bits per heavy atom. The lowest BCUT2D eigenvalue weighted by atomic mass is 10.0. The molecule has 0 bridgehead atoms. The van der Waals surface area contributed by atoms with Gasteiger partial charge in [0.2, 0.25) is 0 Å². The van der Waals surface area contributed by atoms with Crippen LogP contribution in [-0.2, 0) is 6.42 Å². The van der Waals surface area contributed by atoms with Gasteiger partial charge in [-0.1, -0.05) is 16.7 Å². The van der Waals surface area contributed by atoms with Gasteiger partial charge in [-0.2, -0.15) is 10.3 Å². The predicted molar refractivity (Wildman–Crippen MR) is 96.9 cm³/mol. The normalized spacial score (nSPS) is 16.7. The number of hydrogen-bond acceptors (Lipinski definition) is 5. The van der Waals surface area contributed by atoms with Gasteiger partial charge in [-0.25, -0.2) is 4.52 Å². The van der Waals surface area contributed by atoms with Crippen molar-refractivity contribution >= 4 is 23.0 Å². The molecule has 0 saturated heterocycles. The molecule has 0 spiro atoms. The maximum absolute atomic E-state index is 13.2. The van der Waals surface area contributed by atoms with E-state index >= 15 is 0 Å². The molecule has 4 aromatic rings. The van der Waals surface area contributed by atoms with E-state index in [1.165, 1.54) is 5.56 Å². The fourth-order valence-corrected chi connectivity index (χ4v) is 3.83. The number of rotatable bonds is 2. The van der Waals surface area contributed by atoms with Gasteiger partial charge in [-0.15, -0.1) is 5.10 Å². The largest absolute Gasteiger partial charge is 0.329 e. The molecule has 0 aliphatic carbocycles. The average Bonchev–Trinajstić information content (AvgIpc) is 3.39. The van der Waals surface area contributed by atoms with Crippen molar-refractivity contribution in [1.82, 2.24) is 39.7 Å². The van der Waals surface area contributed by atoms with Crippen molar-refractivity contribution < 1.29 is 4.79 Å². The molecule has 9 nitrogen and oxygen atoms in total. The first-order valence-corrected chi connectivity index (χ1v) is 8.89. The summed E-state index contributed by atoms with van der Waals surface area (Å²) in [7, 11) is 0. The predicted octanol–water partition coefficient (Wildman–Crippen LogP) is 2.05.